The number of benzene rings is 1. The number of amides is 1. The molecule has 1 amide bonds. The first kappa shape index (κ1) is 26.3. The summed E-state index contributed by atoms with van der Waals surface area (Å²) in [5.74, 6) is -1.84. The molecule has 1 unspecified atom stereocenters. The van der Waals surface area contributed by atoms with Crippen LogP contribution in [0.25, 0.3) is 0 Å². The van der Waals surface area contributed by atoms with Gasteiger partial charge in [0.1, 0.15) is 5.60 Å². The third-order valence-corrected chi connectivity index (χ3v) is 5.74. The van der Waals surface area contributed by atoms with Crippen LogP contribution >= 0.6 is 0 Å². The number of carbonyl (C=O) groups excluding carboxylic acids is 2. The summed E-state index contributed by atoms with van der Waals surface area (Å²) in [4.78, 5) is 37.7. The van der Waals surface area contributed by atoms with Crippen molar-refractivity contribution in [3.8, 4) is 0 Å². The van der Waals surface area contributed by atoms with Gasteiger partial charge in [0.25, 0.3) is 5.69 Å². The highest BCUT2D eigenvalue weighted by Gasteiger charge is 2.52. The van der Waals surface area contributed by atoms with Gasteiger partial charge in [-0.2, -0.15) is 0 Å². The van der Waals surface area contributed by atoms with Gasteiger partial charge in [0, 0.05) is 19.2 Å². The van der Waals surface area contributed by atoms with Crippen LogP contribution in [0.2, 0.25) is 0 Å². The summed E-state index contributed by atoms with van der Waals surface area (Å²) in [6, 6.07) is 3.53. The van der Waals surface area contributed by atoms with Gasteiger partial charge in [-0.05, 0) is 45.1 Å². The number of ether oxygens (including phenoxy) is 2. The lowest BCUT2D eigenvalue weighted by Gasteiger charge is -2.50. The van der Waals surface area contributed by atoms with Gasteiger partial charge in [-0.25, -0.2) is 9.18 Å². The minimum Gasteiger partial charge on any atom is -0.469 e. The largest absolute Gasteiger partial charge is 0.469 e. The number of hydrogen-bond acceptors (Lipinski definition) is 7. The second kappa shape index (κ2) is 9.52. The first-order valence-electron chi connectivity index (χ1n) is 10.9. The van der Waals surface area contributed by atoms with Gasteiger partial charge in [-0.15, -0.1) is 0 Å². The molecule has 0 bridgehead atoms. The standard InChI is InChI=1S/C23H34FN3O6/c1-21(2,3)18(19(28)32-7)23(25-20(29)33-22(4,5)6)10-12-26(13-11-23)17-9-8-15(27(30)31)14-16(17)24/h8-9,14,18H,10-13H2,1-7H3,(H,25,29). The van der Waals surface area contributed by atoms with Gasteiger partial charge in [-0.1, -0.05) is 20.8 Å². The molecule has 1 aromatic carbocycles. The minimum atomic E-state index is -0.985. The summed E-state index contributed by atoms with van der Waals surface area (Å²) < 4.78 is 25.2. The Labute approximate surface area is 193 Å². The maximum Gasteiger partial charge on any atom is 0.408 e. The van der Waals surface area contributed by atoms with Gasteiger partial charge in [0.15, 0.2) is 5.82 Å². The number of rotatable bonds is 5. The molecule has 0 spiro atoms. The molecule has 1 heterocycles. The van der Waals surface area contributed by atoms with E-state index in [-0.39, 0.29) is 11.4 Å². The number of nitrogens with zero attached hydrogens (tertiary/aromatic N) is 2. The van der Waals surface area contributed by atoms with E-state index in [1.165, 1.54) is 19.2 Å². The van der Waals surface area contributed by atoms with Gasteiger partial charge in [-0.3, -0.25) is 14.9 Å². The van der Waals surface area contributed by atoms with Crippen molar-refractivity contribution in [1.29, 1.82) is 0 Å². The number of alkyl carbamates (subject to hydrolysis) is 1. The van der Waals surface area contributed by atoms with E-state index in [1.807, 2.05) is 20.8 Å². The monoisotopic (exact) mass is 467 g/mol. The second-order valence-corrected chi connectivity index (χ2v) is 10.5. The van der Waals surface area contributed by atoms with E-state index < -0.39 is 45.3 Å². The molecular weight excluding hydrogens is 433 g/mol. The fraction of sp³-hybridized carbons (Fsp3) is 0.652. The first-order valence-corrected chi connectivity index (χ1v) is 10.9. The van der Waals surface area contributed by atoms with Crippen molar-refractivity contribution in [3.05, 3.63) is 34.1 Å². The van der Waals surface area contributed by atoms with Crippen LogP contribution in [0.4, 0.5) is 20.6 Å². The Hall–Kier alpha value is -2.91. The average Bonchev–Trinajstić information content (AvgIpc) is 2.66. The van der Waals surface area contributed by atoms with Crippen molar-refractivity contribution < 1.29 is 28.4 Å². The summed E-state index contributed by atoms with van der Waals surface area (Å²) in [5.41, 5.74) is -2.36. The zero-order chi connectivity index (χ0) is 25.2. The summed E-state index contributed by atoms with van der Waals surface area (Å²) in [6.07, 6.45) is -0.00464. The Morgan fingerprint density at radius 3 is 2.18 bits per heavy atom. The van der Waals surface area contributed by atoms with Crippen LogP contribution < -0.4 is 10.2 Å². The zero-order valence-corrected chi connectivity index (χ0v) is 20.4. The predicted octanol–water partition coefficient (Wildman–Crippen LogP) is 4.43. The number of hydrogen-bond donors (Lipinski definition) is 1. The smallest absolute Gasteiger partial charge is 0.408 e. The van der Waals surface area contributed by atoms with Crippen molar-refractivity contribution in [2.75, 3.05) is 25.1 Å². The normalized spacial score (nSPS) is 17.2. The zero-order valence-electron chi connectivity index (χ0n) is 20.4. The molecule has 9 nitrogen and oxygen atoms in total. The lowest BCUT2D eigenvalue weighted by molar-refractivity contribution is -0.385. The lowest BCUT2D eigenvalue weighted by atomic mass is 9.65. The van der Waals surface area contributed by atoms with E-state index in [2.05, 4.69) is 5.32 Å². The number of methoxy groups -OCH3 is 1. The van der Waals surface area contributed by atoms with Crippen LogP contribution in [-0.2, 0) is 14.3 Å². The Morgan fingerprint density at radius 2 is 1.76 bits per heavy atom. The number of carbonyl (C=O) groups is 2. The third kappa shape index (κ3) is 6.33. The highest BCUT2D eigenvalue weighted by Crippen LogP contribution is 2.43. The average molecular weight is 468 g/mol. The number of non-ortho nitro benzene ring substituents is 1. The highest BCUT2D eigenvalue weighted by atomic mass is 19.1. The molecule has 1 aromatic rings. The Bertz CT molecular complexity index is 898. The molecule has 1 aliphatic heterocycles. The van der Waals surface area contributed by atoms with Crippen LogP contribution in [0.15, 0.2) is 18.2 Å². The fourth-order valence-electron chi connectivity index (χ4n) is 4.53. The number of nitrogens with one attached hydrogen (secondary N) is 1. The van der Waals surface area contributed by atoms with Crippen LogP contribution in [0.1, 0.15) is 54.4 Å². The quantitative estimate of drug-likeness (QED) is 0.387. The molecular formula is C23H34FN3O6. The summed E-state index contributed by atoms with van der Waals surface area (Å²) >= 11 is 0. The number of anilines is 1. The molecule has 0 aromatic heterocycles. The van der Waals surface area contributed by atoms with Crippen molar-refractivity contribution in [2.45, 2.75) is 65.5 Å². The van der Waals surface area contributed by atoms with E-state index >= 15 is 0 Å². The first-order chi connectivity index (χ1) is 15.1. The topological polar surface area (TPSA) is 111 Å². The van der Waals surface area contributed by atoms with E-state index in [0.717, 1.165) is 6.07 Å². The molecule has 10 heteroatoms. The van der Waals surface area contributed by atoms with Crippen molar-refractivity contribution in [1.82, 2.24) is 5.32 Å². The van der Waals surface area contributed by atoms with E-state index in [1.54, 1.807) is 25.7 Å². The van der Waals surface area contributed by atoms with Crippen LogP contribution in [0.3, 0.4) is 0 Å². The van der Waals surface area contributed by atoms with Gasteiger partial charge in [0.2, 0.25) is 0 Å². The maximum absolute atomic E-state index is 14.6. The van der Waals surface area contributed by atoms with Crippen LogP contribution in [0, 0.1) is 27.3 Å². The molecule has 1 N–H and O–H groups in total. The van der Waals surface area contributed by atoms with E-state index in [0.29, 0.717) is 25.9 Å². The van der Waals surface area contributed by atoms with Crippen LogP contribution in [-0.4, -0.2) is 48.3 Å². The SMILES string of the molecule is COC(=O)C(C(C)(C)C)C1(NC(=O)OC(C)(C)C)CCN(c2ccc([N+](=O)[O-])cc2F)CC1. The molecule has 1 atom stereocenters. The number of esters is 1. The van der Waals surface area contributed by atoms with Crippen molar-refractivity contribution in [2.24, 2.45) is 11.3 Å². The minimum absolute atomic E-state index is 0.233. The number of halogens is 1. The lowest BCUT2D eigenvalue weighted by Crippen LogP contribution is -2.64. The second-order valence-electron chi connectivity index (χ2n) is 10.5. The Kier molecular flexibility index (Phi) is 7.60. The van der Waals surface area contributed by atoms with Crippen molar-refractivity contribution in [3.63, 3.8) is 0 Å². The van der Waals surface area contributed by atoms with Gasteiger partial charge < -0.3 is 19.7 Å². The molecule has 1 fully saturated rings. The predicted molar refractivity (Wildman–Crippen MR) is 122 cm³/mol. The Balaban J connectivity index is 2.38. The molecule has 33 heavy (non-hydrogen) atoms. The summed E-state index contributed by atoms with van der Waals surface area (Å²) in [7, 11) is 1.31. The van der Waals surface area contributed by atoms with Crippen molar-refractivity contribution >= 4 is 23.4 Å². The molecule has 0 aliphatic carbocycles. The number of nitro groups is 1. The van der Waals surface area contributed by atoms with Gasteiger partial charge >= 0.3 is 12.1 Å². The van der Waals surface area contributed by atoms with Gasteiger partial charge in [0.05, 0.1) is 35.2 Å². The van der Waals surface area contributed by atoms with E-state index in [4.69, 9.17) is 9.47 Å². The summed E-state index contributed by atoms with van der Waals surface area (Å²) in [6.45, 7) is 11.6. The fourth-order valence-corrected chi connectivity index (χ4v) is 4.53. The van der Waals surface area contributed by atoms with E-state index in [9.17, 15) is 24.1 Å². The molecule has 0 saturated carbocycles. The molecule has 0 radical (unpaired) electrons. The number of piperidine rings is 1. The molecule has 2 rings (SSSR count). The summed E-state index contributed by atoms with van der Waals surface area (Å²) in [5, 5.41) is 13.9. The molecule has 1 aliphatic rings. The third-order valence-electron chi connectivity index (χ3n) is 5.74. The van der Waals surface area contributed by atoms with Crippen LogP contribution in [0.5, 0.6) is 0 Å². The highest BCUT2D eigenvalue weighted by molar-refractivity contribution is 5.77. The number of nitro benzene ring substituents is 1. The maximum atomic E-state index is 14.6. The molecule has 184 valence electrons. The molecule has 1 saturated heterocycles. The Morgan fingerprint density at radius 1 is 1.18 bits per heavy atom.